The van der Waals surface area contributed by atoms with Crippen molar-refractivity contribution >= 4 is 17.1 Å². The van der Waals surface area contributed by atoms with Gasteiger partial charge in [-0.3, -0.25) is 9.69 Å². The molecule has 76 valence electrons. The Balaban J connectivity index is 2.84. The van der Waals surface area contributed by atoms with Gasteiger partial charge in [-0.2, -0.15) is 0 Å². The molecule has 1 unspecified atom stereocenters. The molecule has 3 heteroatoms. The molecular weight excluding hydrogens is 194 g/mol. The summed E-state index contributed by atoms with van der Waals surface area (Å²) in [5.41, 5.74) is 0. The summed E-state index contributed by atoms with van der Waals surface area (Å²) in [6, 6.07) is 3.85. The zero-order valence-electron chi connectivity index (χ0n) is 8.56. The van der Waals surface area contributed by atoms with Crippen molar-refractivity contribution in [1.29, 1.82) is 0 Å². The molecule has 0 aliphatic heterocycles. The van der Waals surface area contributed by atoms with Gasteiger partial charge < -0.3 is 0 Å². The van der Waals surface area contributed by atoms with Gasteiger partial charge in [-0.15, -0.1) is 17.9 Å². The molecule has 14 heavy (non-hydrogen) atoms. The first kappa shape index (κ1) is 11.1. The minimum Gasteiger partial charge on any atom is -0.298 e. The first-order chi connectivity index (χ1) is 6.66. The van der Waals surface area contributed by atoms with E-state index in [1.807, 2.05) is 35.5 Å². The predicted octanol–water partition coefficient (Wildman–Crippen LogP) is 2.50. The fourth-order valence-corrected chi connectivity index (χ4v) is 2.43. The molecule has 0 saturated carbocycles. The largest absolute Gasteiger partial charge is 0.298 e. The normalized spacial score (nSPS) is 12.8. The number of likely N-dealkylation sites (N-methyl/N-ethyl adjacent to an activating group) is 1. The summed E-state index contributed by atoms with van der Waals surface area (Å²) in [4.78, 5) is 14.6. The zero-order chi connectivity index (χ0) is 10.6. The number of carbonyl (C=O) groups is 1. The summed E-state index contributed by atoms with van der Waals surface area (Å²) in [7, 11) is 1.94. The van der Waals surface area contributed by atoms with Crippen LogP contribution in [0.15, 0.2) is 30.2 Å². The quantitative estimate of drug-likeness (QED) is 0.694. The fourth-order valence-electron chi connectivity index (χ4n) is 1.48. The van der Waals surface area contributed by atoms with Crippen molar-refractivity contribution in [2.75, 3.05) is 13.6 Å². The lowest BCUT2D eigenvalue weighted by Gasteiger charge is -2.23. The summed E-state index contributed by atoms with van der Waals surface area (Å²) in [6.45, 7) is 6.03. The number of ketones is 1. The highest BCUT2D eigenvalue weighted by Crippen LogP contribution is 2.24. The highest BCUT2D eigenvalue weighted by atomic mass is 32.1. The molecule has 0 radical (unpaired) electrons. The van der Waals surface area contributed by atoms with Crippen LogP contribution >= 0.6 is 11.3 Å². The van der Waals surface area contributed by atoms with Gasteiger partial charge in [0, 0.05) is 11.4 Å². The van der Waals surface area contributed by atoms with Crippen LogP contribution in [0.4, 0.5) is 0 Å². The van der Waals surface area contributed by atoms with Gasteiger partial charge in [0.1, 0.15) is 6.04 Å². The van der Waals surface area contributed by atoms with Crippen LogP contribution in [-0.2, 0) is 4.79 Å². The number of thiophene rings is 1. The highest BCUT2D eigenvalue weighted by molar-refractivity contribution is 7.10. The van der Waals surface area contributed by atoms with E-state index in [2.05, 4.69) is 6.58 Å². The predicted molar refractivity (Wildman–Crippen MR) is 60.6 cm³/mol. The van der Waals surface area contributed by atoms with Crippen LogP contribution in [-0.4, -0.2) is 24.3 Å². The van der Waals surface area contributed by atoms with E-state index in [0.29, 0.717) is 0 Å². The maximum atomic E-state index is 11.5. The van der Waals surface area contributed by atoms with Crippen LogP contribution < -0.4 is 0 Å². The zero-order valence-corrected chi connectivity index (χ0v) is 9.38. The van der Waals surface area contributed by atoms with Gasteiger partial charge in [0.2, 0.25) is 0 Å². The molecule has 0 aliphatic rings. The number of Topliss-reactive ketones (excluding diaryl/α,β-unsaturated/α-hetero) is 1. The van der Waals surface area contributed by atoms with Crippen molar-refractivity contribution in [3.63, 3.8) is 0 Å². The van der Waals surface area contributed by atoms with E-state index in [1.54, 1.807) is 18.3 Å². The molecule has 0 amide bonds. The molecule has 1 aromatic rings. The Bertz CT molecular complexity index is 305. The molecule has 2 nitrogen and oxygen atoms in total. The summed E-state index contributed by atoms with van der Waals surface area (Å²) in [6.07, 6.45) is 1.81. The summed E-state index contributed by atoms with van der Waals surface area (Å²) in [5.74, 6) is 0.178. The van der Waals surface area contributed by atoms with Crippen molar-refractivity contribution in [3.05, 3.63) is 35.0 Å². The first-order valence-corrected chi connectivity index (χ1v) is 5.39. The molecule has 0 N–H and O–H groups in total. The maximum absolute atomic E-state index is 11.5. The van der Waals surface area contributed by atoms with Crippen LogP contribution in [0.1, 0.15) is 17.8 Å². The lowest BCUT2D eigenvalue weighted by molar-refractivity contribution is -0.121. The van der Waals surface area contributed by atoms with Crippen molar-refractivity contribution in [1.82, 2.24) is 4.90 Å². The minimum absolute atomic E-state index is 0.118. The third kappa shape index (κ3) is 2.53. The SMILES string of the molecule is C=CCN(C)C(C(C)=O)c1cccs1. The number of nitrogens with zero attached hydrogens (tertiary/aromatic N) is 1. The van der Waals surface area contributed by atoms with Crippen LogP contribution in [0.3, 0.4) is 0 Å². The molecule has 0 spiro atoms. The lowest BCUT2D eigenvalue weighted by Crippen LogP contribution is -2.29. The van der Waals surface area contributed by atoms with Crippen molar-refractivity contribution in [3.8, 4) is 0 Å². The summed E-state index contributed by atoms with van der Waals surface area (Å²) >= 11 is 1.62. The van der Waals surface area contributed by atoms with E-state index in [-0.39, 0.29) is 11.8 Å². The number of rotatable bonds is 5. The van der Waals surface area contributed by atoms with E-state index in [1.165, 1.54) is 0 Å². The number of hydrogen-bond acceptors (Lipinski definition) is 3. The summed E-state index contributed by atoms with van der Waals surface area (Å²) in [5, 5.41) is 1.99. The average molecular weight is 209 g/mol. The van der Waals surface area contributed by atoms with Gasteiger partial charge in [-0.1, -0.05) is 12.1 Å². The Labute approximate surface area is 88.9 Å². The molecule has 1 atom stereocenters. The van der Waals surface area contributed by atoms with Crippen molar-refractivity contribution in [2.24, 2.45) is 0 Å². The second kappa shape index (κ2) is 5.08. The van der Waals surface area contributed by atoms with Gasteiger partial charge in [-0.25, -0.2) is 0 Å². The van der Waals surface area contributed by atoms with Gasteiger partial charge in [0.15, 0.2) is 5.78 Å². The van der Waals surface area contributed by atoms with E-state index in [9.17, 15) is 4.79 Å². The Kier molecular flexibility index (Phi) is 4.04. The van der Waals surface area contributed by atoms with Crippen LogP contribution in [0.5, 0.6) is 0 Å². The molecule has 0 aromatic carbocycles. The van der Waals surface area contributed by atoms with Gasteiger partial charge in [0.25, 0.3) is 0 Å². The monoisotopic (exact) mass is 209 g/mol. The van der Waals surface area contributed by atoms with Crippen LogP contribution in [0.25, 0.3) is 0 Å². The molecule has 1 aromatic heterocycles. The Morgan fingerprint density at radius 2 is 2.50 bits per heavy atom. The smallest absolute Gasteiger partial charge is 0.152 e. The maximum Gasteiger partial charge on any atom is 0.152 e. The average Bonchev–Trinajstić information content (AvgIpc) is 2.57. The molecule has 0 bridgehead atoms. The van der Waals surface area contributed by atoms with E-state index in [4.69, 9.17) is 0 Å². The molecule has 1 heterocycles. The topological polar surface area (TPSA) is 20.3 Å². The van der Waals surface area contributed by atoms with Gasteiger partial charge >= 0.3 is 0 Å². The van der Waals surface area contributed by atoms with Crippen LogP contribution in [0.2, 0.25) is 0 Å². The Hall–Kier alpha value is -0.930. The molecule has 0 fully saturated rings. The van der Waals surface area contributed by atoms with Gasteiger partial charge in [0.05, 0.1) is 0 Å². The number of carbonyl (C=O) groups excluding carboxylic acids is 1. The number of hydrogen-bond donors (Lipinski definition) is 0. The minimum atomic E-state index is -0.118. The second-order valence-electron chi connectivity index (χ2n) is 3.26. The Morgan fingerprint density at radius 3 is 2.93 bits per heavy atom. The third-order valence-corrected chi connectivity index (χ3v) is 2.98. The van der Waals surface area contributed by atoms with E-state index >= 15 is 0 Å². The standard InChI is InChI=1S/C11H15NOS/c1-4-7-12(3)11(9(2)13)10-6-5-8-14-10/h4-6,8,11H,1,7H2,2-3H3. The van der Waals surface area contributed by atoms with Crippen molar-refractivity contribution in [2.45, 2.75) is 13.0 Å². The van der Waals surface area contributed by atoms with Gasteiger partial charge in [-0.05, 0) is 25.4 Å². The van der Waals surface area contributed by atoms with Crippen molar-refractivity contribution < 1.29 is 4.79 Å². The third-order valence-electron chi connectivity index (χ3n) is 2.06. The molecule has 1 rings (SSSR count). The lowest BCUT2D eigenvalue weighted by atomic mass is 10.1. The van der Waals surface area contributed by atoms with Crippen LogP contribution in [0, 0.1) is 0 Å². The Morgan fingerprint density at radius 1 is 1.79 bits per heavy atom. The second-order valence-corrected chi connectivity index (χ2v) is 4.24. The highest BCUT2D eigenvalue weighted by Gasteiger charge is 2.21. The molecule has 0 saturated heterocycles. The molecular formula is C11H15NOS. The summed E-state index contributed by atoms with van der Waals surface area (Å²) < 4.78 is 0. The fraction of sp³-hybridized carbons (Fsp3) is 0.364. The molecule has 0 aliphatic carbocycles. The van der Waals surface area contributed by atoms with E-state index < -0.39 is 0 Å². The van der Waals surface area contributed by atoms with E-state index in [0.717, 1.165) is 11.4 Å². The first-order valence-electron chi connectivity index (χ1n) is 4.51.